The lowest BCUT2D eigenvalue weighted by Crippen LogP contribution is -2.66. The number of unbranched alkanes of at least 4 members (excludes halogenated alkanes) is 35. The largest absolute Gasteiger partial charge is 0.394 e. The highest BCUT2D eigenvalue weighted by atomic mass is 16.8. The van der Waals surface area contributed by atoms with Gasteiger partial charge >= 0.3 is 0 Å². The number of hydrogen-bond donors (Lipinski definition) is 12. The van der Waals surface area contributed by atoms with Crippen LogP contribution >= 0.6 is 0 Å². The van der Waals surface area contributed by atoms with Crippen molar-refractivity contribution in [1.29, 1.82) is 0 Å². The van der Waals surface area contributed by atoms with E-state index >= 15 is 0 Å². The summed E-state index contributed by atoms with van der Waals surface area (Å²) in [4.78, 5) is 13.4. The van der Waals surface area contributed by atoms with E-state index in [9.17, 15) is 61.0 Å². The van der Waals surface area contributed by atoms with Crippen molar-refractivity contribution in [3.8, 4) is 0 Å². The van der Waals surface area contributed by atoms with Crippen molar-refractivity contribution in [1.82, 2.24) is 5.32 Å². The van der Waals surface area contributed by atoms with Crippen LogP contribution in [0.2, 0.25) is 0 Å². The smallest absolute Gasteiger partial charge is 0.220 e. The minimum atomic E-state index is -1.98. The Morgan fingerprint density at radius 1 is 0.393 bits per heavy atom. The average molecular weight is 1270 g/mol. The molecule has 0 aliphatic carbocycles. The molecule has 89 heavy (non-hydrogen) atoms. The van der Waals surface area contributed by atoms with Crippen molar-refractivity contribution in [2.75, 3.05) is 26.4 Å². The molecule has 3 rings (SSSR count). The molecule has 0 radical (unpaired) electrons. The standard InChI is InChI=1S/C70H129NO18/c1-3-5-7-9-11-13-15-17-19-21-22-23-24-25-26-27-28-29-30-31-32-33-35-37-39-41-43-45-47-54(75)53(71-58(76)48-46-44-42-40-38-36-34-20-18-16-14-12-10-8-6-4-2)52-84-68-64(82)61(79)66(56(50-73)86-68)89-70-65(83)62(80)67(57(51-74)87-70)88-69-63(81)60(78)59(77)55(49-72)85-69/h20,34,37,39,45,47,53-57,59-70,72-75,77-83H,3-19,21-33,35-36,38,40-44,46,48-52H2,1-2H3,(H,71,76)/b34-20-,39-37+,47-45+. The number of aliphatic hydroxyl groups is 11. The van der Waals surface area contributed by atoms with Crippen LogP contribution in [-0.2, 0) is 33.2 Å². The molecule has 17 atom stereocenters. The fourth-order valence-corrected chi connectivity index (χ4v) is 12.1. The number of rotatable bonds is 55. The summed E-state index contributed by atoms with van der Waals surface area (Å²) in [7, 11) is 0. The van der Waals surface area contributed by atoms with E-state index < -0.39 is 124 Å². The second kappa shape index (κ2) is 52.3. The molecule has 19 heteroatoms. The van der Waals surface area contributed by atoms with Crippen molar-refractivity contribution in [2.24, 2.45) is 0 Å². The Morgan fingerprint density at radius 2 is 0.719 bits per heavy atom. The summed E-state index contributed by atoms with van der Waals surface area (Å²) in [6, 6.07) is -0.994. The van der Waals surface area contributed by atoms with Gasteiger partial charge in [-0.1, -0.05) is 243 Å². The Hall–Kier alpha value is -1.99. The predicted molar refractivity (Wildman–Crippen MR) is 346 cm³/mol. The van der Waals surface area contributed by atoms with Crippen LogP contribution in [0, 0.1) is 0 Å². The van der Waals surface area contributed by atoms with E-state index in [0.29, 0.717) is 12.8 Å². The molecule has 3 aliphatic heterocycles. The first-order valence-corrected chi connectivity index (χ1v) is 35.7. The molecule has 12 N–H and O–H groups in total. The highest BCUT2D eigenvalue weighted by molar-refractivity contribution is 5.76. The third kappa shape index (κ3) is 34.3. The summed E-state index contributed by atoms with van der Waals surface area (Å²) in [6.07, 6.45) is 34.2. The van der Waals surface area contributed by atoms with Crippen molar-refractivity contribution in [3.05, 3.63) is 36.5 Å². The molecule has 3 heterocycles. The van der Waals surface area contributed by atoms with Crippen LogP contribution < -0.4 is 5.32 Å². The molecule has 522 valence electrons. The Morgan fingerprint density at radius 3 is 1.12 bits per heavy atom. The van der Waals surface area contributed by atoms with Gasteiger partial charge in [0.15, 0.2) is 18.9 Å². The van der Waals surface area contributed by atoms with Gasteiger partial charge in [0.05, 0.1) is 38.6 Å². The van der Waals surface area contributed by atoms with Gasteiger partial charge in [0.25, 0.3) is 0 Å². The van der Waals surface area contributed by atoms with Crippen molar-refractivity contribution < 1.29 is 89.4 Å². The molecule has 0 aromatic heterocycles. The van der Waals surface area contributed by atoms with Gasteiger partial charge < -0.3 is 89.9 Å². The van der Waals surface area contributed by atoms with Gasteiger partial charge in [-0.25, -0.2) is 0 Å². The van der Waals surface area contributed by atoms with Gasteiger partial charge in [0, 0.05) is 6.42 Å². The molecular weight excluding hydrogens is 1140 g/mol. The van der Waals surface area contributed by atoms with E-state index in [0.717, 1.165) is 57.8 Å². The molecule has 0 spiro atoms. The Balaban J connectivity index is 1.43. The molecule has 0 bridgehead atoms. The molecule has 3 saturated heterocycles. The lowest BCUT2D eigenvalue weighted by atomic mass is 9.96. The van der Waals surface area contributed by atoms with Crippen LogP contribution in [0.15, 0.2) is 36.5 Å². The molecule has 17 unspecified atom stereocenters. The minimum Gasteiger partial charge on any atom is -0.394 e. The first kappa shape index (κ1) is 81.2. The van der Waals surface area contributed by atoms with E-state index in [2.05, 4.69) is 43.5 Å². The van der Waals surface area contributed by atoms with Crippen LogP contribution in [-0.4, -0.2) is 193 Å². The summed E-state index contributed by atoms with van der Waals surface area (Å²) in [5, 5.41) is 120. The molecule has 3 aliphatic rings. The van der Waals surface area contributed by atoms with E-state index in [4.69, 9.17) is 28.4 Å². The maximum absolute atomic E-state index is 13.4. The van der Waals surface area contributed by atoms with Gasteiger partial charge in [-0.3, -0.25) is 4.79 Å². The number of nitrogens with one attached hydrogen (secondary N) is 1. The van der Waals surface area contributed by atoms with Crippen molar-refractivity contribution in [2.45, 2.75) is 375 Å². The zero-order chi connectivity index (χ0) is 64.7. The summed E-state index contributed by atoms with van der Waals surface area (Å²) < 4.78 is 34.3. The summed E-state index contributed by atoms with van der Waals surface area (Å²) >= 11 is 0. The number of ether oxygens (including phenoxy) is 6. The normalized spacial score (nSPS) is 28.4. The number of aliphatic hydroxyl groups excluding tert-OH is 11. The van der Waals surface area contributed by atoms with Crippen LogP contribution in [0.25, 0.3) is 0 Å². The topological polar surface area (TPSA) is 307 Å². The van der Waals surface area contributed by atoms with Gasteiger partial charge in [-0.15, -0.1) is 0 Å². The number of carbonyl (C=O) groups excluding carboxylic acids is 1. The molecule has 0 aromatic rings. The molecular formula is C70H129NO18. The Labute approximate surface area is 536 Å². The first-order chi connectivity index (χ1) is 43.3. The second-order valence-corrected chi connectivity index (χ2v) is 25.7. The number of carbonyl (C=O) groups is 1. The number of amides is 1. The molecule has 0 aromatic carbocycles. The summed E-state index contributed by atoms with van der Waals surface area (Å²) in [5.41, 5.74) is 0. The monoisotopic (exact) mass is 1270 g/mol. The lowest BCUT2D eigenvalue weighted by molar-refractivity contribution is -0.379. The van der Waals surface area contributed by atoms with E-state index in [1.807, 2.05) is 6.08 Å². The first-order valence-electron chi connectivity index (χ1n) is 35.7. The third-order valence-corrected chi connectivity index (χ3v) is 17.9. The average Bonchev–Trinajstić information content (AvgIpc) is 2.43. The van der Waals surface area contributed by atoms with Gasteiger partial charge in [0.2, 0.25) is 5.91 Å². The van der Waals surface area contributed by atoms with E-state index in [1.165, 1.54) is 180 Å². The highest BCUT2D eigenvalue weighted by Gasteiger charge is 2.53. The summed E-state index contributed by atoms with van der Waals surface area (Å²) in [6.45, 7) is 1.73. The SMILES string of the molecule is CCCCCCCCC/C=C\CCCCCCCC(=O)NC(COC1OC(CO)C(OC2OC(CO)C(OC3OC(CO)C(O)C(O)C3O)C(O)C2O)C(O)C1O)C(O)/C=C/CC/C=C/CCCCCCCCCCCCCCCCCCCCCCCC. The summed E-state index contributed by atoms with van der Waals surface area (Å²) in [5.74, 6) is -0.292. The van der Waals surface area contributed by atoms with Gasteiger partial charge in [-0.05, 0) is 57.8 Å². The highest BCUT2D eigenvalue weighted by Crippen LogP contribution is 2.33. The number of allylic oxidation sites excluding steroid dienone is 5. The predicted octanol–water partition coefficient (Wildman–Crippen LogP) is 9.61. The van der Waals surface area contributed by atoms with Crippen LogP contribution in [0.3, 0.4) is 0 Å². The zero-order valence-corrected chi connectivity index (χ0v) is 55.2. The maximum atomic E-state index is 13.4. The molecule has 3 fully saturated rings. The van der Waals surface area contributed by atoms with Crippen LogP contribution in [0.1, 0.15) is 271 Å². The Kier molecular flexibility index (Phi) is 47.7. The molecule has 1 amide bonds. The van der Waals surface area contributed by atoms with Crippen molar-refractivity contribution in [3.63, 3.8) is 0 Å². The van der Waals surface area contributed by atoms with Gasteiger partial charge in [-0.2, -0.15) is 0 Å². The van der Waals surface area contributed by atoms with Crippen LogP contribution in [0.5, 0.6) is 0 Å². The Bertz CT molecular complexity index is 1760. The fourth-order valence-electron chi connectivity index (χ4n) is 12.1. The fraction of sp³-hybridized carbons (Fsp3) is 0.900. The van der Waals surface area contributed by atoms with E-state index in [-0.39, 0.29) is 18.9 Å². The zero-order valence-electron chi connectivity index (χ0n) is 55.2. The van der Waals surface area contributed by atoms with Crippen molar-refractivity contribution >= 4 is 5.91 Å². The third-order valence-electron chi connectivity index (χ3n) is 17.9. The number of hydrogen-bond acceptors (Lipinski definition) is 18. The molecule has 0 saturated carbocycles. The minimum absolute atomic E-state index is 0.226. The quantitative estimate of drug-likeness (QED) is 0.0199. The lowest BCUT2D eigenvalue weighted by Gasteiger charge is -2.48. The second-order valence-electron chi connectivity index (χ2n) is 25.7. The van der Waals surface area contributed by atoms with E-state index in [1.54, 1.807) is 6.08 Å². The maximum Gasteiger partial charge on any atom is 0.220 e. The molecule has 19 nitrogen and oxygen atoms in total. The van der Waals surface area contributed by atoms with Crippen LogP contribution in [0.4, 0.5) is 0 Å². The van der Waals surface area contributed by atoms with Gasteiger partial charge in [0.1, 0.15) is 73.2 Å².